The van der Waals surface area contributed by atoms with Gasteiger partial charge in [0.05, 0.1) is 5.02 Å². The number of aliphatic hydroxyl groups is 1. The van der Waals surface area contributed by atoms with Crippen LogP contribution < -0.4 is 0 Å². The van der Waals surface area contributed by atoms with Crippen LogP contribution in [0.1, 0.15) is 22.8 Å². The molecule has 0 saturated heterocycles. The van der Waals surface area contributed by atoms with E-state index in [0.29, 0.717) is 5.56 Å². The van der Waals surface area contributed by atoms with Gasteiger partial charge < -0.3 is 5.11 Å². The van der Waals surface area contributed by atoms with Crippen LogP contribution in [0.3, 0.4) is 0 Å². The normalized spacial score (nSPS) is 12.5. The summed E-state index contributed by atoms with van der Waals surface area (Å²) in [6.07, 6.45) is -1.38. The summed E-state index contributed by atoms with van der Waals surface area (Å²) in [6, 6.07) is 5.50. The molecule has 0 spiro atoms. The summed E-state index contributed by atoms with van der Waals surface area (Å²) in [7, 11) is 0. The Morgan fingerprint density at radius 1 is 1.00 bits per heavy atom. The van der Waals surface area contributed by atoms with Crippen LogP contribution in [0, 0.1) is 24.4 Å². The predicted octanol–water partition coefficient (Wildman–Crippen LogP) is 4.15. The Bertz CT molecular complexity index is 628. The van der Waals surface area contributed by atoms with Crippen molar-refractivity contribution in [1.29, 1.82) is 0 Å². The van der Waals surface area contributed by atoms with E-state index in [1.165, 1.54) is 19.1 Å². The minimum absolute atomic E-state index is 0.243. The molecule has 0 radical (unpaired) electrons. The second kappa shape index (κ2) is 5.23. The summed E-state index contributed by atoms with van der Waals surface area (Å²) in [5.74, 6) is -2.07. The van der Waals surface area contributed by atoms with Gasteiger partial charge in [-0.2, -0.15) is 0 Å². The second-order valence-corrected chi connectivity index (χ2v) is 4.61. The average molecular weight is 287 g/mol. The number of hydrogen-bond acceptors (Lipinski definition) is 1. The molecule has 0 heterocycles. The third-order valence-electron chi connectivity index (χ3n) is 2.83. The number of hydrogen-bond donors (Lipinski definition) is 1. The van der Waals surface area contributed by atoms with E-state index in [0.717, 1.165) is 18.2 Å². The number of benzene rings is 2. The van der Waals surface area contributed by atoms with Crippen LogP contribution in [-0.4, -0.2) is 5.11 Å². The second-order valence-electron chi connectivity index (χ2n) is 4.20. The van der Waals surface area contributed by atoms with Gasteiger partial charge in [0.2, 0.25) is 0 Å². The smallest absolute Gasteiger partial charge is 0.142 e. The van der Waals surface area contributed by atoms with Gasteiger partial charge in [0.15, 0.2) is 0 Å². The van der Waals surface area contributed by atoms with Gasteiger partial charge in [0, 0.05) is 5.56 Å². The Morgan fingerprint density at radius 3 is 2.32 bits per heavy atom. The molecule has 100 valence electrons. The molecule has 0 amide bonds. The first-order valence-corrected chi connectivity index (χ1v) is 5.86. The van der Waals surface area contributed by atoms with Gasteiger partial charge in [-0.1, -0.05) is 23.7 Å². The van der Waals surface area contributed by atoms with Crippen molar-refractivity contribution in [3.8, 4) is 0 Å². The molecule has 0 aliphatic carbocycles. The van der Waals surface area contributed by atoms with Crippen molar-refractivity contribution in [3.63, 3.8) is 0 Å². The Morgan fingerprint density at radius 2 is 1.68 bits per heavy atom. The standard InChI is InChI=1S/C14H10ClF3O/c1-7-4-8(2-3-11(7)16)14(19)9-5-13(18)10(15)6-12(9)17/h2-6,14,19H,1H3. The summed E-state index contributed by atoms with van der Waals surface area (Å²) in [4.78, 5) is 0. The first-order chi connectivity index (χ1) is 8.90. The highest BCUT2D eigenvalue weighted by molar-refractivity contribution is 6.30. The maximum absolute atomic E-state index is 13.7. The van der Waals surface area contributed by atoms with Gasteiger partial charge >= 0.3 is 0 Å². The van der Waals surface area contributed by atoms with E-state index in [9.17, 15) is 18.3 Å². The molecule has 1 nitrogen and oxygen atoms in total. The third-order valence-corrected chi connectivity index (χ3v) is 3.12. The van der Waals surface area contributed by atoms with Crippen molar-refractivity contribution >= 4 is 11.6 Å². The molecule has 1 unspecified atom stereocenters. The largest absolute Gasteiger partial charge is 0.384 e. The molecule has 1 N–H and O–H groups in total. The first kappa shape index (κ1) is 13.9. The number of aliphatic hydroxyl groups excluding tert-OH is 1. The highest BCUT2D eigenvalue weighted by atomic mass is 35.5. The lowest BCUT2D eigenvalue weighted by atomic mass is 9.99. The van der Waals surface area contributed by atoms with Gasteiger partial charge in [-0.3, -0.25) is 0 Å². The molecule has 2 aromatic carbocycles. The molecular weight excluding hydrogens is 277 g/mol. The maximum atomic E-state index is 13.7. The Kier molecular flexibility index (Phi) is 3.83. The molecule has 0 bridgehead atoms. The van der Waals surface area contributed by atoms with Crippen LogP contribution in [0.25, 0.3) is 0 Å². The molecule has 0 fully saturated rings. The Balaban J connectivity index is 2.46. The van der Waals surface area contributed by atoms with Gasteiger partial charge in [-0.25, -0.2) is 13.2 Å². The fourth-order valence-corrected chi connectivity index (χ4v) is 1.92. The number of aryl methyl sites for hydroxylation is 1. The van der Waals surface area contributed by atoms with Crippen LogP contribution in [0.4, 0.5) is 13.2 Å². The quantitative estimate of drug-likeness (QED) is 0.822. The summed E-state index contributed by atoms with van der Waals surface area (Å²) in [6.45, 7) is 1.52. The highest BCUT2D eigenvalue weighted by Crippen LogP contribution is 2.28. The highest BCUT2D eigenvalue weighted by Gasteiger charge is 2.18. The van der Waals surface area contributed by atoms with E-state index in [4.69, 9.17) is 11.6 Å². The minimum Gasteiger partial charge on any atom is -0.384 e. The van der Waals surface area contributed by atoms with Crippen molar-refractivity contribution in [3.05, 3.63) is 69.5 Å². The molecule has 5 heteroatoms. The third kappa shape index (κ3) is 2.74. The summed E-state index contributed by atoms with van der Waals surface area (Å²) >= 11 is 5.44. The van der Waals surface area contributed by atoms with E-state index in [2.05, 4.69) is 0 Å². The molecule has 0 aliphatic heterocycles. The molecule has 0 aliphatic rings. The first-order valence-electron chi connectivity index (χ1n) is 5.48. The van der Waals surface area contributed by atoms with Gasteiger partial charge in [0.1, 0.15) is 23.6 Å². The summed E-state index contributed by atoms with van der Waals surface area (Å²) < 4.78 is 40.1. The molecule has 2 aromatic rings. The summed E-state index contributed by atoms with van der Waals surface area (Å²) in [5.41, 5.74) is 0.346. The van der Waals surface area contributed by atoms with Crippen LogP contribution in [0.15, 0.2) is 30.3 Å². The Hall–Kier alpha value is -1.52. The summed E-state index contributed by atoms with van der Waals surface area (Å²) in [5, 5.41) is 9.67. The van der Waals surface area contributed by atoms with Crippen molar-refractivity contribution in [1.82, 2.24) is 0 Å². The maximum Gasteiger partial charge on any atom is 0.142 e. The van der Waals surface area contributed by atoms with E-state index in [1.807, 2.05) is 0 Å². The Labute approximate surface area is 113 Å². The van der Waals surface area contributed by atoms with Crippen LogP contribution in [0.5, 0.6) is 0 Å². The SMILES string of the molecule is Cc1cc(C(O)c2cc(F)c(Cl)cc2F)ccc1F. The zero-order valence-electron chi connectivity index (χ0n) is 9.92. The van der Waals surface area contributed by atoms with Crippen molar-refractivity contribution < 1.29 is 18.3 Å². The van der Waals surface area contributed by atoms with Crippen LogP contribution >= 0.6 is 11.6 Å². The predicted molar refractivity (Wildman–Crippen MR) is 66.6 cm³/mol. The van der Waals surface area contributed by atoms with E-state index >= 15 is 0 Å². The molecule has 19 heavy (non-hydrogen) atoms. The molecule has 0 saturated carbocycles. The zero-order chi connectivity index (χ0) is 14.2. The fraction of sp³-hybridized carbons (Fsp3) is 0.143. The molecular formula is C14H10ClF3O. The minimum atomic E-state index is -1.38. The molecule has 0 aromatic heterocycles. The van der Waals surface area contributed by atoms with Gasteiger partial charge in [-0.15, -0.1) is 0 Å². The average Bonchev–Trinajstić information content (AvgIpc) is 2.36. The lowest BCUT2D eigenvalue weighted by Gasteiger charge is -2.14. The van der Waals surface area contributed by atoms with Gasteiger partial charge in [0.25, 0.3) is 0 Å². The van der Waals surface area contributed by atoms with Crippen LogP contribution in [0.2, 0.25) is 5.02 Å². The number of halogens is 4. The van der Waals surface area contributed by atoms with E-state index in [1.54, 1.807) is 0 Å². The molecule has 1 atom stereocenters. The van der Waals surface area contributed by atoms with Crippen molar-refractivity contribution in [2.24, 2.45) is 0 Å². The number of rotatable bonds is 2. The van der Waals surface area contributed by atoms with E-state index < -0.39 is 23.6 Å². The van der Waals surface area contributed by atoms with E-state index in [-0.39, 0.29) is 16.1 Å². The van der Waals surface area contributed by atoms with Crippen molar-refractivity contribution in [2.75, 3.05) is 0 Å². The monoisotopic (exact) mass is 286 g/mol. The van der Waals surface area contributed by atoms with Crippen LogP contribution in [-0.2, 0) is 0 Å². The lowest BCUT2D eigenvalue weighted by Crippen LogP contribution is -2.04. The lowest BCUT2D eigenvalue weighted by molar-refractivity contribution is 0.214. The van der Waals surface area contributed by atoms with Crippen molar-refractivity contribution in [2.45, 2.75) is 13.0 Å². The molecule has 2 rings (SSSR count). The zero-order valence-corrected chi connectivity index (χ0v) is 10.7. The van der Waals surface area contributed by atoms with Gasteiger partial charge in [-0.05, 0) is 36.2 Å². The fourth-order valence-electron chi connectivity index (χ4n) is 1.77. The topological polar surface area (TPSA) is 20.2 Å².